The van der Waals surface area contributed by atoms with Crippen molar-refractivity contribution >= 4 is 18.4 Å². The van der Waals surface area contributed by atoms with Gasteiger partial charge in [0.05, 0.1) is 0 Å². The molecule has 0 bridgehead atoms. The third-order valence-electron chi connectivity index (χ3n) is 4.54. The summed E-state index contributed by atoms with van der Waals surface area (Å²) in [5.74, 6) is 0. The molecule has 0 aromatic rings. The Hall–Kier alpha value is 0.319. The molecule has 0 amide bonds. The van der Waals surface area contributed by atoms with Gasteiger partial charge in [-0.1, -0.05) is 0 Å². The first kappa shape index (κ1) is 21.3. The summed E-state index contributed by atoms with van der Waals surface area (Å²) in [6, 6.07) is 0. The molecule has 0 atom stereocenters. The van der Waals surface area contributed by atoms with Crippen molar-refractivity contribution in [3.05, 3.63) is 15.9 Å². The number of allylic oxidation sites excluding steroid dienone is 1. The molecule has 0 radical (unpaired) electrons. The molecule has 0 heterocycles. The zero-order valence-electron chi connectivity index (χ0n) is 15.3. The molecule has 0 saturated heterocycles. The topological polar surface area (TPSA) is 0 Å². The van der Waals surface area contributed by atoms with Crippen molar-refractivity contribution in [2.24, 2.45) is 0 Å². The standard InChI is InChI=1S/C8H13.3C4H9.Sn/c1-3-5-7-8-6-4-2;3*1-3-4-2;/h1,5H,4,6-8H2,2H3;3*1,3-4H2,2H3;. The summed E-state index contributed by atoms with van der Waals surface area (Å²) in [6.07, 6.45) is 16.1. The van der Waals surface area contributed by atoms with Gasteiger partial charge in [0.2, 0.25) is 0 Å². The predicted molar refractivity (Wildman–Crippen MR) is 102 cm³/mol. The van der Waals surface area contributed by atoms with Crippen molar-refractivity contribution in [3.8, 4) is 0 Å². The fourth-order valence-corrected chi connectivity index (χ4v) is 16.8. The Morgan fingerprint density at radius 1 is 0.667 bits per heavy atom. The third-order valence-corrected chi connectivity index (χ3v) is 18.3. The molecule has 0 aliphatic rings. The van der Waals surface area contributed by atoms with E-state index in [1.807, 2.05) is 0 Å². The minimum atomic E-state index is -2.03. The molecule has 0 N–H and O–H groups in total. The molecule has 0 rings (SSSR count). The van der Waals surface area contributed by atoms with E-state index in [0.29, 0.717) is 0 Å². The molecule has 0 saturated carbocycles. The van der Waals surface area contributed by atoms with Gasteiger partial charge < -0.3 is 0 Å². The van der Waals surface area contributed by atoms with Gasteiger partial charge in [0.15, 0.2) is 0 Å². The van der Waals surface area contributed by atoms with E-state index in [9.17, 15) is 0 Å². The number of hydrogen-bond acceptors (Lipinski definition) is 0. The molecule has 21 heavy (non-hydrogen) atoms. The van der Waals surface area contributed by atoms with Crippen LogP contribution in [0.15, 0.2) is 15.9 Å². The van der Waals surface area contributed by atoms with Crippen molar-refractivity contribution < 1.29 is 0 Å². The molecule has 0 aliphatic heterocycles. The zero-order valence-corrected chi connectivity index (χ0v) is 18.2. The number of hydrogen-bond donors (Lipinski definition) is 0. The van der Waals surface area contributed by atoms with Crippen molar-refractivity contribution in [1.82, 2.24) is 0 Å². The van der Waals surface area contributed by atoms with E-state index in [4.69, 9.17) is 0 Å². The first-order valence-corrected chi connectivity index (χ1v) is 17.4. The van der Waals surface area contributed by atoms with Crippen molar-refractivity contribution in [2.45, 2.75) is 105 Å². The van der Waals surface area contributed by atoms with Crippen molar-refractivity contribution in [2.75, 3.05) is 0 Å². The van der Waals surface area contributed by atoms with Gasteiger partial charge in [0.25, 0.3) is 0 Å². The predicted octanol–water partition coefficient (Wildman–Crippen LogP) is 7.67. The van der Waals surface area contributed by atoms with Crippen molar-refractivity contribution in [1.29, 1.82) is 0 Å². The molecular weight excluding hydrogens is 359 g/mol. The molecular formula is C20H40Sn. The Balaban J connectivity index is 4.72. The first-order chi connectivity index (χ1) is 10.2. The van der Waals surface area contributed by atoms with E-state index in [1.165, 1.54) is 64.2 Å². The van der Waals surface area contributed by atoms with Gasteiger partial charge in [-0.25, -0.2) is 0 Å². The van der Waals surface area contributed by atoms with E-state index in [2.05, 4.69) is 43.6 Å². The second-order valence-electron chi connectivity index (χ2n) is 6.68. The summed E-state index contributed by atoms with van der Waals surface area (Å²) < 4.78 is 7.38. The maximum atomic E-state index is 3.66. The molecule has 0 fully saturated rings. The average molecular weight is 399 g/mol. The van der Waals surface area contributed by atoms with Crippen LogP contribution < -0.4 is 0 Å². The summed E-state index contributed by atoms with van der Waals surface area (Å²) in [6.45, 7) is 9.32. The van der Waals surface area contributed by atoms with Crippen LogP contribution in [0.4, 0.5) is 0 Å². The average Bonchev–Trinajstić information content (AvgIpc) is 2.51. The summed E-state index contributed by atoms with van der Waals surface area (Å²) in [5.41, 5.74) is 3.66. The third kappa shape index (κ3) is 11.5. The molecule has 0 nitrogen and oxygen atoms in total. The SMILES string of the molecule is CCCCCC=C=[CH][Sn]([CH2]CCC)([CH2]CCC)[CH2]CCC. The van der Waals surface area contributed by atoms with Crippen LogP contribution in [-0.4, -0.2) is 18.4 Å². The van der Waals surface area contributed by atoms with E-state index in [0.717, 1.165) is 0 Å². The van der Waals surface area contributed by atoms with Crippen LogP contribution in [-0.2, 0) is 0 Å². The summed E-state index contributed by atoms with van der Waals surface area (Å²) >= 11 is -2.03. The molecule has 0 aromatic heterocycles. The van der Waals surface area contributed by atoms with Gasteiger partial charge in [-0.05, 0) is 0 Å². The van der Waals surface area contributed by atoms with Gasteiger partial charge in [0.1, 0.15) is 0 Å². The van der Waals surface area contributed by atoms with E-state index >= 15 is 0 Å². The maximum absolute atomic E-state index is 3.66. The summed E-state index contributed by atoms with van der Waals surface area (Å²) in [7, 11) is 0. The second-order valence-corrected chi connectivity index (χ2v) is 19.6. The number of unbranched alkanes of at least 4 members (excludes halogenated alkanes) is 6. The molecule has 0 unspecified atom stereocenters. The molecule has 0 spiro atoms. The van der Waals surface area contributed by atoms with Crippen LogP contribution in [0, 0.1) is 0 Å². The molecule has 1 heteroatoms. The Labute approximate surface area is 139 Å². The first-order valence-electron chi connectivity index (χ1n) is 9.66. The molecule has 124 valence electrons. The quantitative estimate of drug-likeness (QED) is 0.160. The summed E-state index contributed by atoms with van der Waals surface area (Å²) in [4.78, 5) is 0. The van der Waals surface area contributed by atoms with E-state index in [-0.39, 0.29) is 0 Å². The monoisotopic (exact) mass is 400 g/mol. The van der Waals surface area contributed by atoms with Crippen molar-refractivity contribution in [3.63, 3.8) is 0 Å². The van der Waals surface area contributed by atoms with E-state index < -0.39 is 18.4 Å². The van der Waals surface area contributed by atoms with Gasteiger partial charge in [-0.2, -0.15) is 0 Å². The molecule has 0 aromatic carbocycles. The van der Waals surface area contributed by atoms with E-state index in [1.54, 1.807) is 13.3 Å². The number of rotatable bonds is 14. The Bertz CT molecular complexity index is 252. The van der Waals surface area contributed by atoms with Gasteiger partial charge in [0, 0.05) is 0 Å². The normalized spacial score (nSPS) is 11.2. The molecule has 0 aliphatic carbocycles. The Kier molecular flexibility index (Phi) is 15.5. The Morgan fingerprint density at radius 2 is 1.14 bits per heavy atom. The van der Waals surface area contributed by atoms with Crippen LogP contribution in [0.1, 0.15) is 91.9 Å². The van der Waals surface area contributed by atoms with Crippen LogP contribution in [0.3, 0.4) is 0 Å². The zero-order chi connectivity index (χ0) is 15.8. The van der Waals surface area contributed by atoms with Crippen LogP contribution in [0.2, 0.25) is 13.3 Å². The van der Waals surface area contributed by atoms with Crippen LogP contribution >= 0.6 is 0 Å². The van der Waals surface area contributed by atoms with Gasteiger partial charge in [-0.15, -0.1) is 0 Å². The van der Waals surface area contributed by atoms with Gasteiger partial charge >= 0.3 is 139 Å². The fourth-order valence-electron chi connectivity index (χ4n) is 2.99. The van der Waals surface area contributed by atoms with Gasteiger partial charge in [-0.3, -0.25) is 0 Å². The second kappa shape index (κ2) is 15.2. The van der Waals surface area contributed by atoms with Crippen LogP contribution in [0.25, 0.3) is 0 Å². The summed E-state index contributed by atoms with van der Waals surface area (Å²) in [5, 5.41) is 0. The Morgan fingerprint density at radius 3 is 1.57 bits per heavy atom. The fraction of sp³-hybridized carbons (Fsp3) is 0.850. The van der Waals surface area contributed by atoms with Crippen LogP contribution in [0.5, 0.6) is 0 Å². The minimum absolute atomic E-state index is 1.24.